The molecule has 0 bridgehead atoms. The molecular weight excluding hydrogens is 203 g/mol. The second kappa shape index (κ2) is 3.23. The number of hydrogen-bond acceptors (Lipinski definition) is 1. The van der Waals surface area contributed by atoms with Crippen molar-refractivity contribution in [2.75, 3.05) is 0 Å². The minimum Gasteiger partial charge on any atom is -0.327 e. The molecule has 0 heterocycles. The summed E-state index contributed by atoms with van der Waals surface area (Å²) in [6.07, 6.45) is 1.46. The lowest BCUT2D eigenvalue weighted by atomic mass is 9.89. The molecule has 1 fully saturated rings. The van der Waals surface area contributed by atoms with E-state index in [1.807, 2.05) is 0 Å². The second-order valence-electron chi connectivity index (χ2n) is 4.19. The molecule has 1 aromatic carbocycles. The molecule has 15 heavy (non-hydrogen) atoms. The Hall–Kier alpha value is -1.03. The summed E-state index contributed by atoms with van der Waals surface area (Å²) >= 11 is 0. The van der Waals surface area contributed by atoms with Gasteiger partial charge in [0.15, 0.2) is 11.6 Å². The Bertz CT molecular complexity index is 397. The highest BCUT2D eigenvalue weighted by Gasteiger charge is 2.49. The molecule has 0 spiro atoms. The highest BCUT2D eigenvalue weighted by atomic mass is 19.2. The summed E-state index contributed by atoms with van der Waals surface area (Å²) < 4.78 is 39.2. The van der Waals surface area contributed by atoms with Crippen LogP contribution in [-0.2, 0) is 5.41 Å². The van der Waals surface area contributed by atoms with E-state index in [2.05, 4.69) is 0 Å². The SMILES string of the molecule is CC(N)C1(c2cc(F)c(F)cc2F)CC1. The molecule has 1 aromatic rings. The van der Waals surface area contributed by atoms with Crippen molar-refractivity contribution in [1.82, 2.24) is 0 Å². The van der Waals surface area contributed by atoms with Crippen LogP contribution >= 0.6 is 0 Å². The van der Waals surface area contributed by atoms with Gasteiger partial charge in [0.25, 0.3) is 0 Å². The minimum atomic E-state index is -1.16. The Morgan fingerprint density at radius 3 is 2.13 bits per heavy atom. The van der Waals surface area contributed by atoms with Crippen molar-refractivity contribution in [2.24, 2.45) is 5.73 Å². The van der Waals surface area contributed by atoms with E-state index >= 15 is 0 Å². The van der Waals surface area contributed by atoms with Crippen LogP contribution in [0.4, 0.5) is 13.2 Å². The van der Waals surface area contributed by atoms with Crippen molar-refractivity contribution in [1.29, 1.82) is 0 Å². The third kappa shape index (κ3) is 1.53. The van der Waals surface area contributed by atoms with Crippen LogP contribution in [-0.4, -0.2) is 6.04 Å². The number of nitrogens with two attached hydrogens (primary N) is 1. The highest BCUT2D eigenvalue weighted by Crippen LogP contribution is 2.51. The normalized spacial score (nSPS) is 20.1. The van der Waals surface area contributed by atoms with Gasteiger partial charge in [0.1, 0.15) is 5.82 Å². The van der Waals surface area contributed by atoms with E-state index in [9.17, 15) is 13.2 Å². The first-order valence-electron chi connectivity index (χ1n) is 4.88. The van der Waals surface area contributed by atoms with E-state index in [0.717, 1.165) is 18.9 Å². The van der Waals surface area contributed by atoms with Crippen LogP contribution in [0.3, 0.4) is 0 Å². The maximum absolute atomic E-state index is 13.5. The highest BCUT2D eigenvalue weighted by molar-refractivity contribution is 5.35. The Labute approximate surface area is 86.1 Å². The summed E-state index contributed by atoms with van der Waals surface area (Å²) in [4.78, 5) is 0. The fourth-order valence-corrected chi connectivity index (χ4v) is 2.01. The van der Waals surface area contributed by atoms with Crippen LogP contribution in [0.1, 0.15) is 25.3 Å². The predicted molar refractivity (Wildman–Crippen MR) is 50.9 cm³/mol. The molecule has 0 aromatic heterocycles. The molecule has 2 rings (SSSR count). The monoisotopic (exact) mass is 215 g/mol. The van der Waals surface area contributed by atoms with Crippen molar-refractivity contribution < 1.29 is 13.2 Å². The number of benzene rings is 1. The average molecular weight is 215 g/mol. The molecular formula is C11H12F3N. The van der Waals surface area contributed by atoms with Crippen LogP contribution in [0.5, 0.6) is 0 Å². The van der Waals surface area contributed by atoms with Gasteiger partial charge in [0, 0.05) is 17.5 Å². The molecule has 2 N–H and O–H groups in total. The van der Waals surface area contributed by atoms with Gasteiger partial charge in [-0.15, -0.1) is 0 Å². The largest absolute Gasteiger partial charge is 0.327 e. The van der Waals surface area contributed by atoms with Gasteiger partial charge in [-0.1, -0.05) is 0 Å². The second-order valence-corrected chi connectivity index (χ2v) is 4.19. The Kier molecular flexibility index (Phi) is 2.26. The number of rotatable bonds is 2. The van der Waals surface area contributed by atoms with Crippen LogP contribution in [0.25, 0.3) is 0 Å². The third-order valence-corrected chi connectivity index (χ3v) is 3.21. The van der Waals surface area contributed by atoms with Gasteiger partial charge in [0.2, 0.25) is 0 Å². The molecule has 0 amide bonds. The standard InChI is InChI=1S/C11H12F3N/c1-6(15)11(2-3-11)7-4-9(13)10(14)5-8(7)12/h4-6H,2-3,15H2,1H3. The number of halogens is 3. The molecule has 0 aliphatic heterocycles. The van der Waals surface area contributed by atoms with E-state index in [4.69, 9.17) is 5.73 Å². The molecule has 1 saturated carbocycles. The minimum absolute atomic E-state index is 0.205. The topological polar surface area (TPSA) is 26.0 Å². The van der Waals surface area contributed by atoms with Gasteiger partial charge in [-0.05, 0) is 31.4 Å². The zero-order chi connectivity index (χ0) is 11.2. The van der Waals surface area contributed by atoms with Crippen LogP contribution in [0.2, 0.25) is 0 Å². The molecule has 4 heteroatoms. The molecule has 1 aliphatic rings. The van der Waals surface area contributed by atoms with Crippen molar-refractivity contribution >= 4 is 0 Å². The first-order chi connectivity index (χ1) is 6.97. The Morgan fingerprint density at radius 2 is 1.67 bits per heavy atom. The molecule has 0 radical (unpaired) electrons. The van der Waals surface area contributed by atoms with Gasteiger partial charge in [-0.25, -0.2) is 13.2 Å². The van der Waals surface area contributed by atoms with E-state index < -0.39 is 22.9 Å². The smallest absolute Gasteiger partial charge is 0.161 e. The van der Waals surface area contributed by atoms with Gasteiger partial charge in [0.05, 0.1) is 0 Å². The lowest BCUT2D eigenvalue weighted by Crippen LogP contribution is -2.32. The molecule has 82 valence electrons. The van der Waals surface area contributed by atoms with Gasteiger partial charge < -0.3 is 5.73 Å². The summed E-state index contributed by atoms with van der Waals surface area (Å²) in [5.74, 6) is -2.88. The third-order valence-electron chi connectivity index (χ3n) is 3.21. The Balaban J connectivity index is 2.49. The van der Waals surface area contributed by atoms with Crippen molar-refractivity contribution in [3.63, 3.8) is 0 Å². The van der Waals surface area contributed by atoms with Gasteiger partial charge in [-0.3, -0.25) is 0 Å². The maximum atomic E-state index is 13.5. The molecule has 1 nitrogen and oxygen atoms in total. The summed E-state index contributed by atoms with van der Waals surface area (Å²) in [5.41, 5.74) is 5.46. The molecule has 1 unspecified atom stereocenters. The van der Waals surface area contributed by atoms with E-state index in [1.54, 1.807) is 6.92 Å². The predicted octanol–water partition coefficient (Wildman–Crippen LogP) is 2.48. The molecule has 1 atom stereocenters. The number of hydrogen-bond donors (Lipinski definition) is 1. The molecule has 0 saturated heterocycles. The summed E-state index contributed by atoms with van der Waals surface area (Å²) in [5, 5.41) is 0. The maximum Gasteiger partial charge on any atom is 0.161 e. The van der Waals surface area contributed by atoms with Gasteiger partial charge in [-0.2, -0.15) is 0 Å². The van der Waals surface area contributed by atoms with E-state index in [0.29, 0.717) is 6.07 Å². The molecule has 1 aliphatic carbocycles. The fourth-order valence-electron chi connectivity index (χ4n) is 2.01. The summed E-state index contributed by atoms with van der Waals surface area (Å²) in [7, 11) is 0. The fraction of sp³-hybridized carbons (Fsp3) is 0.455. The lowest BCUT2D eigenvalue weighted by molar-refractivity contribution is 0.467. The zero-order valence-corrected chi connectivity index (χ0v) is 8.36. The van der Waals surface area contributed by atoms with Crippen molar-refractivity contribution in [3.05, 3.63) is 35.1 Å². The van der Waals surface area contributed by atoms with E-state index in [1.165, 1.54) is 0 Å². The van der Waals surface area contributed by atoms with Crippen LogP contribution in [0, 0.1) is 17.5 Å². The van der Waals surface area contributed by atoms with Crippen molar-refractivity contribution in [3.8, 4) is 0 Å². The lowest BCUT2D eigenvalue weighted by Gasteiger charge is -2.20. The van der Waals surface area contributed by atoms with Crippen molar-refractivity contribution in [2.45, 2.75) is 31.2 Å². The van der Waals surface area contributed by atoms with E-state index in [-0.39, 0.29) is 11.6 Å². The quantitative estimate of drug-likeness (QED) is 0.753. The van der Waals surface area contributed by atoms with Crippen LogP contribution < -0.4 is 5.73 Å². The summed E-state index contributed by atoms with van der Waals surface area (Å²) in [6.45, 7) is 1.76. The first-order valence-corrected chi connectivity index (χ1v) is 4.88. The average Bonchev–Trinajstić information content (AvgIpc) is 2.92. The first kappa shape index (κ1) is 10.5. The Morgan fingerprint density at radius 1 is 1.13 bits per heavy atom. The zero-order valence-electron chi connectivity index (χ0n) is 8.36. The van der Waals surface area contributed by atoms with Gasteiger partial charge >= 0.3 is 0 Å². The van der Waals surface area contributed by atoms with Crippen LogP contribution in [0.15, 0.2) is 12.1 Å². The summed E-state index contributed by atoms with van der Waals surface area (Å²) in [6, 6.07) is 1.27.